The van der Waals surface area contributed by atoms with Crippen molar-refractivity contribution in [1.82, 2.24) is 5.43 Å². The fraction of sp³-hybridized carbons (Fsp3) is 0.333. The van der Waals surface area contributed by atoms with Gasteiger partial charge in [0.1, 0.15) is 5.75 Å². The number of benzene rings is 2. The molecule has 0 aromatic heterocycles. The predicted octanol–water partition coefficient (Wildman–Crippen LogP) is 2.88. The Balaban J connectivity index is 1.45. The van der Waals surface area contributed by atoms with E-state index in [-0.39, 0.29) is 12.5 Å². The van der Waals surface area contributed by atoms with Crippen molar-refractivity contribution in [2.45, 2.75) is 12.8 Å². The average Bonchev–Trinajstić information content (AvgIpc) is 3.22. The minimum Gasteiger partial charge on any atom is -0.484 e. The topological polar surface area (TPSA) is 57.2 Å². The van der Waals surface area contributed by atoms with Crippen molar-refractivity contribution >= 4 is 23.5 Å². The smallest absolute Gasteiger partial charge is 0.277 e. The standard InChI is InChI=1S/C21H26N4O2/c1-24(2)19-6-5-7-20(14-19)27-16-21(26)23-22-15-17-8-10-18(11-9-17)25-12-3-4-13-25/h5-11,14-15H,3-4,12-13,16H2,1-2H3,(H,23,26). The predicted molar refractivity (Wildman–Crippen MR) is 110 cm³/mol. The molecule has 27 heavy (non-hydrogen) atoms. The van der Waals surface area contributed by atoms with Crippen LogP contribution in [-0.4, -0.2) is 45.9 Å². The van der Waals surface area contributed by atoms with Gasteiger partial charge >= 0.3 is 0 Å². The molecule has 6 nitrogen and oxygen atoms in total. The Labute approximate surface area is 160 Å². The van der Waals surface area contributed by atoms with Crippen molar-refractivity contribution in [3.63, 3.8) is 0 Å². The van der Waals surface area contributed by atoms with Gasteiger partial charge in [0.05, 0.1) is 6.21 Å². The molecule has 3 rings (SSSR count). The Hall–Kier alpha value is -3.02. The zero-order chi connectivity index (χ0) is 19.1. The number of hydrogen-bond acceptors (Lipinski definition) is 5. The molecule has 6 heteroatoms. The number of carbonyl (C=O) groups is 1. The van der Waals surface area contributed by atoms with Crippen molar-refractivity contribution < 1.29 is 9.53 Å². The maximum absolute atomic E-state index is 11.9. The molecule has 1 aliphatic rings. The Morgan fingerprint density at radius 1 is 1.19 bits per heavy atom. The molecule has 0 saturated carbocycles. The number of carbonyl (C=O) groups excluding carboxylic acids is 1. The van der Waals surface area contributed by atoms with Crippen LogP contribution in [0, 0.1) is 0 Å². The first-order chi connectivity index (χ1) is 13.1. The number of nitrogens with one attached hydrogen (secondary N) is 1. The van der Waals surface area contributed by atoms with E-state index < -0.39 is 0 Å². The number of rotatable bonds is 7. The number of anilines is 2. The van der Waals surface area contributed by atoms with E-state index in [0.717, 1.165) is 24.3 Å². The molecule has 0 atom stereocenters. The molecule has 2 aromatic rings. The molecule has 0 aliphatic carbocycles. The van der Waals surface area contributed by atoms with Gasteiger partial charge in [0, 0.05) is 44.6 Å². The van der Waals surface area contributed by atoms with Gasteiger partial charge in [0.15, 0.2) is 6.61 Å². The van der Waals surface area contributed by atoms with Gasteiger partial charge in [-0.25, -0.2) is 5.43 Å². The lowest BCUT2D eigenvalue weighted by Gasteiger charge is -2.17. The van der Waals surface area contributed by atoms with Crippen LogP contribution in [0.3, 0.4) is 0 Å². The van der Waals surface area contributed by atoms with E-state index in [1.165, 1.54) is 18.5 Å². The second kappa shape index (κ2) is 9.07. The lowest BCUT2D eigenvalue weighted by Crippen LogP contribution is -2.24. The quantitative estimate of drug-likeness (QED) is 0.605. The van der Waals surface area contributed by atoms with Crippen molar-refractivity contribution in [3.8, 4) is 5.75 Å². The Morgan fingerprint density at radius 2 is 1.93 bits per heavy atom. The van der Waals surface area contributed by atoms with Crippen molar-refractivity contribution in [2.24, 2.45) is 5.10 Å². The third-order valence-electron chi connectivity index (χ3n) is 4.47. The van der Waals surface area contributed by atoms with Crippen LogP contribution in [-0.2, 0) is 4.79 Å². The lowest BCUT2D eigenvalue weighted by molar-refractivity contribution is -0.123. The van der Waals surface area contributed by atoms with Crippen molar-refractivity contribution in [3.05, 3.63) is 54.1 Å². The molecular formula is C21H26N4O2. The summed E-state index contributed by atoms with van der Waals surface area (Å²) in [7, 11) is 3.91. The SMILES string of the molecule is CN(C)c1cccc(OCC(=O)NN=Cc2ccc(N3CCCC3)cc2)c1. The molecule has 0 radical (unpaired) electrons. The molecule has 1 fully saturated rings. The molecule has 142 valence electrons. The summed E-state index contributed by atoms with van der Waals surface area (Å²) in [4.78, 5) is 16.2. The largest absolute Gasteiger partial charge is 0.484 e. The fourth-order valence-electron chi connectivity index (χ4n) is 2.96. The number of hydrogen-bond donors (Lipinski definition) is 1. The van der Waals surface area contributed by atoms with Gasteiger partial charge in [-0.15, -0.1) is 0 Å². The highest BCUT2D eigenvalue weighted by Crippen LogP contribution is 2.20. The Bertz CT molecular complexity index is 781. The third kappa shape index (κ3) is 5.48. The van der Waals surface area contributed by atoms with Crippen LogP contribution in [0.2, 0.25) is 0 Å². The van der Waals surface area contributed by atoms with E-state index in [9.17, 15) is 4.79 Å². The summed E-state index contributed by atoms with van der Waals surface area (Å²) in [6.07, 6.45) is 4.16. The minimum atomic E-state index is -0.296. The second-order valence-electron chi connectivity index (χ2n) is 6.76. The van der Waals surface area contributed by atoms with E-state index in [0.29, 0.717) is 5.75 Å². The van der Waals surface area contributed by atoms with Gasteiger partial charge < -0.3 is 14.5 Å². The molecule has 1 heterocycles. The lowest BCUT2D eigenvalue weighted by atomic mass is 10.2. The Morgan fingerprint density at radius 3 is 2.63 bits per heavy atom. The highest BCUT2D eigenvalue weighted by Gasteiger charge is 2.11. The molecule has 1 amide bonds. The minimum absolute atomic E-state index is 0.0812. The third-order valence-corrected chi connectivity index (χ3v) is 4.47. The molecule has 1 aliphatic heterocycles. The van der Waals surface area contributed by atoms with Crippen LogP contribution in [0.1, 0.15) is 18.4 Å². The molecule has 0 unspecified atom stereocenters. The van der Waals surface area contributed by atoms with E-state index in [1.807, 2.05) is 55.4 Å². The van der Waals surface area contributed by atoms with E-state index in [4.69, 9.17) is 4.74 Å². The molecular weight excluding hydrogens is 340 g/mol. The van der Waals surface area contributed by atoms with Crippen LogP contribution in [0.4, 0.5) is 11.4 Å². The van der Waals surface area contributed by atoms with Gasteiger partial charge in [-0.2, -0.15) is 5.10 Å². The molecule has 0 spiro atoms. The number of hydrazone groups is 1. The van der Waals surface area contributed by atoms with E-state index in [2.05, 4.69) is 27.6 Å². The Kier molecular flexibility index (Phi) is 6.30. The van der Waals surface area contributed by atoms with Gasteiger partial charge in [-0.3, -0.25) is 4.79 Å². The van der Waals surface area contributed by atoms with Crippen molar-refractivity contribution in [2.75, 3.05) is 43.6 Å². The maximum Gasteiger partial charge on any atom is 0.277 e. The monoisotopic (exact) mass is 366 g/mol. The van der Waals surface area contributed by atoms with Crippen LogP contribution in [0.15, 0.2) is 53.6 Å². The highest BCUT2D eigenvalue weighted by atomic mass is 16.5. The highest BCUT2D eigenvalue weighted by molar-refractivity contribution is 5.83. The van der Waals surface area contributed by atoms with Crippen LogP contribution in [0.5, 0.6) is 5.75 Å². The van der Waals surface area contributed by atoms with Crippen LogP contribution < -0.4 is 20.0 Å². The summed E-state index contributed by atoms with van der Waals surface area (Å²) >= 11 is 0. The first kappa shape index (κ1) is 18.8. The first-order valence-electron chi connectivity index (χ1n) is 9.19. The number of amides is 1. The van der Waals surface area contributed by atoms with Gasteiger partial charge in [0.2, 0.25) is 0 Å². The molecule has 0 bridgehead atoms. The number of nitrogens with zero attached hydrogens (tertiary/aromatic N) is 3. The fourth-order valence-corrected chi connectivity index (χ4v) is 2.96. The first-order valence-corrected chi connectivity index (χ1v) is 9.19. The summed E-state index contributed by atoms with van der Waals surface area (Å²) in [6, 6.07) is 15.8. The second-order valence-corrected chi connectivity index (χ2v) is 6.76. The van der Waals surface area contributed by atoms with Gasteiger partial charge in [-0.1, -0.05) is 18.2 Å². The maximum atomic E-state index is 11.9. The number of ether oxygens (including phenoxy) is 1. The summed E-state index contributed by atoms with van der Waals surface area (Å²) in [5.74, 6) is 0.355. The summed E-state index contributed by atoms with van der Waals surface area (Å²) < 4.78 is 5.52. The molecule has 1 N–H and O–H groups in total. The summed E-state index contributed by atoms with van der Waals surface area (Å²) in [5, 5.41) is 4.00. The van der Waals surface area contributed by atoms with E-state index >= 15 is 0 Å². The summed E-state index contributed by atoms with van der Waals surface area (Å²) in [5.41, 5.74) is 5.69. The van der Waals surface area contributed by atoms with Gasteiger partial charge in [-0.05, 0) is 42.7 Å². The van der Waals surface area contributed by atoms with Crippen LogP contribution in [0.25, 0.3) is 0 Å². The zero-order valence-electron chi connectivity index (χ0n) is 15.9. The van der Waals surface area contributed by atoms with Crippen molar-refractivity contribution in [1.29, 1.82) is 0 Å². The van der Waals surface area contributed by atoms with Crippen LogP contribution >= 0.6 is 0 Å². The van der Waals surface area contributed by atoms with Gasteiger partial charge in [0.25, 0.3) is 5.91 Å². The normalized spacial score (nSPS) is 13.8. The van der Waals surface area contributed by atoms with E-state index in [1.54, 1.807) is 6.21 Å². The molecule has 2 aromatic carbocycles. The average molecular weight is 366 g/mol. The summed E-state index contributed by atoms with van der Waals surface area (Å²) in [6.45, 7) is 2.17. The zero-order valence-corrected chi connectivity index (χ0v) is 15.9. The molecule has 1 saturated heterocycles.